The minimum absolute atomic E-state index is 0.0842. The van der Waals surface area contributed by atoms with E-state index in [1.807, 2.05) is 0 Å². The predicted molar refractivity (Wildman–Crippen MR) is 57.7 cm³/mol. The Balaban J connectivity index is 2.71. The van der Waals surface area contributed by atoms with Crippen molar-refractivity contribution in [3.63, 3.8) is 0 Å². The topological polar surface area (TPSA) is 76.4 Å². The number of aromatic nitrogens is 1. The summed E-state index contributed by atoms with van der Waals surface area (Å²) in [4.78, 5) is 11.1. The zero-order valence-corrected chi connectivity index (χ0v) is 9.53. The van der Waals surface area contributed by atoms with Crippen LogP contribution in [-0.4, -0.2) is 18.4 Å². The SMILES string of the molecule is O=c1cccc(S(=O)(=O)c2cccs2)n1O. The van der Waals surface area contributed by atoms with Crippen molar-refractivity contribution >= 4 is 21.2 Å². The van der Waals surface area contributed by atoms with Gasteiger partial charge in [-0.15, -0.1) is 16.1 Å². The molecule has 0 aliphatic carbocycles. The van der Waals surface area contributed by atoms with Gasteiger partial charge < -0.3 is 5.21 Å². The Bertz CT molecular complexity index is 655. The minimum Gasteiger partial charge on any atom is -0.424 e. The van der Waals surface area contributed by atoms with Crippen molar-refractivity contribution in [1.82, 2.24) is 4.73 Å². The van der Waals surface area contributed by atoms with Gasteiger partial charge in [0.05, 0.1) is 0 Å². The average Bonchev–Trinajstić information content (AvgIpc) is 2.75. The molecule has 0 aliphatic rings. The molecule has 0 saturated heterocycles. The zero-order valence-electron chi connectivity index (χ0n) is 7.90. The normalized spacial score (nSPS) is 11.5. The van der Waals surface area contributed by atoms with Gasteiger partial charge >= 0.3 is 0 Å². The number of sulfone groups is 1. The highest BCUT2D eigenvalue weighted by atomic mass is 32.2. The van der Waals surface area contributed by atoms with Gasteiger partial charge in [0.1, 0.15) is 4.21 Å². The maximum atomic E-state index is 12.0. The van der Waals surface area contributed by atoms with Gasteiger partial charge in [0.2, 0.25) is 9.84 Å². The molecule has 0 unspecified atom stereocenters. The molecule has 0 saturated carbocycles. The van der Waals surface area contributed by atoms with Crippen molar-refractivity contribution in [2.75, 3.05) is 0 Å². The quantitative estimate of drug-likeness (QED) is 0.814. The minimum atomic E-state index is -3.82. The third-order valence-electron chi connectivity index (χ3n) is 1.93. The van der Waals surface area contributed by atoms with Crippen molar-refractivity contribution < 1.29 is 13.6 Å². The van der Waals surface area contributed by atoms with Crippen molar-refractivity contribution in [3.8, 4) is 0 Å². The van der Waals surface area contributed by atoms with Crippen molar-refractivity contribution in [2.45, 2.75) is 9.24 Å². The van der Waals surface area contributed by atoms with E-state index in [1.165, 1.54) is 18.2 Å². The number of pyridine rings is 1. The van der Waals surface area contributed by atoms with E-state index in [4.69, 9.17) is 0 Å². The first-order valence-corrected chi connectivity index (χ1v) is 6.59. The fourth-order valence-corrected chi connectivity index (χ4v) is 3.60. The van der Waals surface area contributed by atoms with Gasteiger partial charge in [0.15, 0.2) is 5.03 Å². The standard InChI is InChI=1S/C9H7NO4S2/c11-7-3-1-4-8(10(7)12)16(13,14)9-5-2-6-15-9/h1-6,12H. The van der Waals surface area contributed by atoms with Crippen LogP contribution < -0.4 is 5.56 Å². The van der Waals surface area contributed by atoms with Gasteiger partial charge in [-0.3, -0.25) is 4.79 Å². The molecule has 1 N–H and O–H groups in total. The van der Waals surface area contributed by atoms with Crippen molar-refractivity contribution in [2.24, 2.45) is 0 Å². The van der Waals surface area contributed by atoms with Gasteiger partial charge in [-0.2, -0.15) is 0 Å². The molecule has 0 amide bonds. The highest BCUT2D eigenvalue weighted by Gasteiger charge is 2.22. The summed E-state index contributed by atoms with van der Waals surface area (Å²) >= 11 is 1.02. The molecule has 2 aromatic rings. The van der Waals surface area contributed by atoms with E-state index in [0.717, 1.165) is 17.4 Å². The molecular formula is C9H7NO4S2. The molecular weight excluding hydrogens is 250 g/mol. The Morgan fingerprint density at radius 2 is 1.94 bits per heavy atom. The van der Waals surface area contributed by atoms with Crippen LogP contribution in [0.5, 0.6) is 0 Å². The lowest BCUT2D eigenvalue weighted by Gasteiger charge is -2.04. The summed E-state index contributed by atoms with van der Waals surface area (Å²) in [6, 6.07) is 6.54. The monoisotopic (exact) mass is 257 g/mol. The largest absolute Gasteiger partial charge is 0.424 e. The van der Waals surface area contributed by atoms with Crippen LogP contribution in [0.25, 0.3) is 0 Å². The number of hydrogen-bond donors (Lipinski definition) is 1. The first-order chi connectivity index (χ1) is 7.53. The fraction of sp³-hybridized carbons (Fsp3) is 0. The van der Waals surface area contributed by atoms with Gasteiger partial charge in [-0.05, 0) is 17.5 Å². The van der Waals surface area contributed by atoms with Crippen LogP contribution >= 0.6 is 11.3 Å². The van der Waals surface area contributed by atoms with E-state index in [1.54, 1.807) is 11.4 Å². The highest BCUT2D eigenvalue weighted by molar-refractivity contribution is 7.93. The second kappa shape index (κ2) is 3.76. The molecule has 0 radical (unpaired) electrons. The van der Waals surface area contributed by atoms with Gasteiger partial charge in [-0.25, -0.2) is 8.42 Å². The van der Waals surface area contributed by atoms with Crippen LogP contribution in [0, 0.1) is 0 Å². The van der Waals surface area contributed by atoms with Crippen LogP contribution in [0.1, 0.15) is 0 Å². The van der Waals surface area contributed by atoms with E-state index >= 15 is 0 Å². The molecule has 0 fully saturated rings. The summed E-state index contributed by atoms with van der Waals surface area (Å²) in [5.41, 5.74) is -0.780. The number of hydrogen-bond acceptors (Lipinski definition) is 5. The lowest BCUT2D eigenvalue weighted by molar-refractivity contribution is 0.148. The molecule has 0 bridgehead atoms. The van der Waals surface area contributed by atoms with Gasteiger partial charge in [0, 0.05) is 6.07 Å². The van der Waals surface area contributed by atoms with Crippen LogP contribution in [0.3, 0.4) is 0 Å². The predicted octanol–water partition coefficient (Wildman–Crippen LogP) is 0.980. The summed E-state index contributed by atoms with van der Waals surface area (Å²) in [7, 11) is -3.82. The molecule has 2 rings (SSSR count). The third kappa shape index (κ3) is 1.63. The summed E-state index contributed by atoms with van der Waals surface area (Å²) < 4.78 is 24.1. The van der Waals surface area contributed by atoms with E-state index in [-0.39, 0.29) is 8.94 Å². The van der Waals surface area contributed by atoms with Crippen LogP contribution in [0.2, 0.25) is 0 Å². The highest BCUT2D eigenvalue weighted by Crippen LogP contribution is 2.23. The number of thiophene rings is 1. The molecule has 0 spiro atoms. The lowest BCUT2D eigenvalue weighted by Crippen LogP contribution is -2.22. The van der Waals surface area contributed by atoms with E-state index in [2.05, 4.69) is 0 Å². The molecule has 0 aliphatic heterocycles. The van der Waals surface area contributed by atoms with E-state index in [9.17, 15) is 18.4 Å². The molecule has 5 nitrogen and oxygen atoms in total. The van der Waals surface area contributed by atoms with Crippen molar-refractivity contribution in [3.05, 3.63) is 46.1 Å². The molecule has 7 heteroatoms. The maximum Gasteiger partial charge on any atom is 0.284 e. The van der Waals surface area contributed by atoms with Crippen LogP contribution in [0.4, 0.5) is 0 Å². The summed E-state index contributed by atoms with van der Waals surface area (Å²) in [5.74, 6) is 0. The Labute approximate surface area is 95.1 Å². The second-order valence-electron chi connectivity index (χ2n) is 2.95. The summed E-state index contributed by atoms with van der Waals surface area (Å²) in [6.45, 7) is 0. The zero-order chi connectivity index (χ0) is 11.8. The van der Waals surface area contributed by atoms with Crippen molar-refractivity contribution in [1.29, 1.82) is 0 Å². The second-order valence-corrected chi connectivity index (χ2v) is 6.02. The Hall–Kier alpha value is -1.60. The molecule has 84 valence electrons. The fourth-order valence-electron chi connectivity index (χ4n) is 1.19. The molecule has 2 heterocycles. The molecule has 16 heavy (non-hydrogen) atoms. The lowest BCUT2D eigenvalue weighted by atomic mass is 10.5. The first-order valence-electron chi connectivity index (χ1n) is 4.23. The van der Waals surface area contributed by atoms with Gasteiger partial charge in [-0.1, -0.05) is 12.1 Å². The van der Waals surface area contributed by atoms with E-state index in [0.29, 0.717) is 0 Å². The Morgan fingerprint density at radius 1 is 1.19 bits per heavy atom. The number of nitrogens with zero attached hydrogens (tertiary/aromatic N) is 1. The Kier molecular flexibility index (Phi) is 2.56. The molecule has 0 aromatic carbocycles. The van der Waals surface area contributed by atoms with Crippen LogP contribution in [0.15, 0.2) is 49.7 Å². The number of rotatable bonds is 2. The molecule has 2 aromatic heterocycles. The Morgan fingerprint density at radius 3 is 2.56 bits per heavy atom. The molecule has 0 atom stereocenters. The summed E-state index contributed by atoms with van der Waals surface area (Å²) in [6.07, 6.45) is 0. The first kappa shape index (κ1) is 10.9. The summed E-state index contributed by atoms with van der Waals surface area (Å²) in [5, 5.41) is 10.5. The maximum absolute atomic E-state index is 12.0. The van der Waals surface area contributed by atoms with E-state index < -0.39 is 20.4 Å². The van der Waals surface area contributed by atoms with Gasteiger partial charge in [0.25, 0.3) is 5.56 Å². The van der Waals surface area contributed by atoms with Crippen LogP contribution in [-0.2, 0) is 9.84 Å². The smallest absolute Gasteiger partial charge is 0.284 e. The average molecular weight is 257 g/mol. The third-order valence-corrected chi connectivity index (χ3v) is 5.06.